The molecule has 2 saturated heterocycles. The molecule has 2 aliphatic rings. The summed E-state index contributed by atoms with van der Waals surface area (Å²) >= 11 is 0. The highest BCUT2D eigenvalue weighted by atomic mass is 16.1. The molecule has 0 spiro atoms. The number of fused-ring (bicyclic) bond motifs is 1. The molecule has 1 amide bonds. The monoisotopic (exact) mass is 274 g/mol. The molecular weight excluding hydrogens is 252 g/mol. The molecule has 3 rings (SSSR count). The molecule has 0 aromatic carbocycles. The van der Waals surface area contributed by atoms with Gasteiger partial charge in [0, 0.05) is 36.9 Å². The van der Waals surface area contributed by atoms with Gasteiger partial charge >= 0.3 is 0 Å². The van der Waals surface area contributed by atoms with Crippen molar-refractivity contribution in [3.05, 3.63) is 29.6 Å². The molecule has 3 heterocycles. The Balaban J connectivity index is 1.66. The van der Waals surface area contributed by atoms with Crippen LogP contribution < -0.4 is 11.1 Å². The van der Waals surface area contributed by atoms with Crippen LogP contribution in [0.3, 0.4) is 0 Å². The van der Waals surface area contributed by atoms with Gasteiger partial charge in [-0.05, 0) is 37.9 Å². The van der Waals surface area contributed by atoms with Gasteiger partial charge in [0.05, 0.1) is 5.69 Å². The van der Waals surface area contributed by atoms with Crippen LogP contribution in [0.15, 0.2) is 18.3 Å². The van der Waals surface area contributed by atoms with E-state index in [0.29, 0.717) is 18.2 Å². The fourth-order valence-electron chi connectivity index (χ4n) is 3.40. The van der Waals surface area contributed by atoms with E-state index in [0.717, 1.165) is 18.7 Å². The van der Waals surface area contributed by atoms with E-state index in [9.17, 15) is 4.79 Å². The van der Waals surface area contributed by atoms with Crippen molar-refractivity contribution in [2.45, 2.75) is 44.3 Å². The zero-order chi connectivity index (χ0) is 13.9. The molecule has 0 saturated carbocycles. The number of carbonyl (C=O) groups excluding carboxylic acids is 1. The van der Waals surface area contributed by atoms with E-state index in [4.69, 9.17) is 5.73 Å². The van der Waals surface area contributed by atoms with Gasteiger partial charge in [-0.3, -0.25) is 14.7 Å². The Labute approximate surface area is 119 Å². The van der Waals surface area contributed by atoms with Crippen molar-refractivity contribution in [3.63, 3.8) is 0 Å². The van der Waals surface area contributed by atoms with E-state index in [1.165, 1.54) is 25.8 Å². The normalized spacial score (nSPS) is 26.2. The first kappa shape index (κ1) is 13.5. The molecule has 0 radical (unpaired) electrons. The topological polar surface area (TPSA) is 71.2 Å². The van der Waals surface area contributed by atoms with Gasteiger partial charge in [0.25, 0.3) is 5.91 Å². The Morgan fingerprint density at radius 2 is 2.30 bits per heavy atom. The Morgan fingerprint density at radius 1 is 1.40 bits per heavy atom. The average Bonchev–Trinajstić information content (AvgIpc) is 2.90. The maximum atomic E-state index is 12.3. The van der Waals surface area contributed by atoms with Crippen molar-refractivity contribution in [2.24, 2.45) is 5.73 Å². The highest BCUT2D eigenvalue weighted by Crippen LogP contribution is 2.27. The molecule has 1 aromatic heterocycles. The standard InChI is InChI=1S/C15H22N4O/c16-10-12-9-11(4-6-17-12)15(20)18-13-5-8-19-7-2-1-3-14(13)19/h4,6,9,13-14H,1-3,5,7-8,10,16H2,(H,18,20). The van der Waals surface area contributed by atoms with Gasteiger partial charge in [-0.2, -0.15) is 0 Å². The first-order chi connectivity index (χ1) is 9.78. The van der Waals surface area contributed by atoms with Crippen LogP contribution in [0.5, 0.6) is 0 Å². The molecule has 3 N–H and O–H groups in total. The summed E-state index contributed by atoms with van der Waals surface area (Å²) in [4.78, 5) is 19.0. The van der Waals surface area contributed by atoms with Crippen molar-refractivity contribution in [3.8, 4) is 0 Å². The summed E-state index contributed by atoms with van der Waals surface area (Å²) in [6, 6.07) is 4.35. The second kappa shape index (κ2) is 5.89. The molecule has 2 atom stereocenters. The van der Waals surface area contributed by atoms with Gasteiger partial charge in [0.15, 0.2) is 0 Å². The first-order valence-corrected chi connectivity index (χ1v) is 7.48. The maximum Gasteiger partial charge on any atom is 0.251 e. The highest BCUT2D eigenvalue weighted by Gasteiger charge is 2.36. The minimum Gasteiger partial charge on any atom is -0.348 e. The number of nitrogens with two attached hydrogens (primary N) is 1. The summed E-state index contributed by atoms with van der Waals surface area (Å²) in [6.07, 6.45) is 6.49. The fraction of sp³-hybridized carbons (Fsp3) is 0.600. The van der Waals surface area contributed by atoms with Crippen molar-refractivity contribution in [1.82, 2.24) is 15.2 Å². The molecule has 0 aliphatic carbocycles. The zero-order valence-electron chi connectivity index (χ0n) is 11.7. The van der Waals surface area contributed by atoms with Crippen molar-refractivity contribution >= 4 is 5.91 Å². The molecule has 5 nitrogen and oxygen atoms in total. The van der Waals surface area contributed by atoms with Gasteiger partial charge in [0.2, 0.25) is 0 Å². The lowest BCUT2D eigenvalue weighted by Crippen LogP contribution is -2.46. The Morgan fingerprint density at radius 3 is 3.15 bits per heavy atom. The smallest absolute Gasteiger partial charge is 0.251 e. The number of nitrogens with zero attached hydrogens (tertiary/aromatic N) is 2. The number of carbonyl (C=O) groups is 1. The number of rotatable bonds is 3. The predicted octanol–water partition coefficient (Wildman–Crippen LogP) is 0.897. The summed E-state index contributed by atoms with van der Waals surface area (Å²) in [5.74, 6) is -0.000441. The van der Waals surface area contributed by atoms with Gasteiger partial charge in [-0.15, -0.1) is 0 Å². The number of hydrogen-bond donors (Lipinski definition) is 2. The highest BCUT2D eigenvalue weighted by molar-refractivity contribution is 5.94. The number of aromatic nitrogens is 1. The van der Waals surface area contributed by atoms with Gasteiger partial charge < -0.3 is 11.1 Å². The van der Waals surface area contributed by atoms with Crippen LogP contribution >= 0.6 is 0 Å². The molecule has 108 valence electrons. The zero-order valence-corrected chi connectivity index (χ0v) is 11.7. The summed E-state index contributed by atoms with van der Waals surface area (Å²) in [6.45, 7) is 2.66. The Bertz CT molecular complexity index is 491. The van der Waals surface area contributed by atoms with Gasteiger partial charge in [-0.1, -0.05) is 6.42 Å². The van der Waals surface area contributed by atoms with Crippen molar-refractivity contribution in [2.75, 3.05) is 13.1 Å². The molecule has 1 aromatic rings. The van der Waals surface area contributed by atoms with Crippen LogP contribution in [-0.2, 0) is 6.54 Å². The summed E-state index contributed by atoms with van der Waals surface area (Å²) in [5.41, 5.74) is 6.98. The minimum atomic E-state index is -0.000441. The molecule has 5 heteroatoms. The summed E-state index contributed by atoms with van der Waals surface area (Å²) < 4.78 is 0. The molecule has 2 fully saturated rings. The van der Waals surface area contributed by atoms with Crippen LogP contribution in [0.4, 0.5) is 0 Å². The summed E-state index contributed by atoms with van der Waals surface area (Å²) in [5, 5.41) is 3.20. The van der Waals surface area contributed by atoms with Crippen LogP contribution in [0.1, 0.15) is 41.7 Å². The Hall–Kier alpha value is -1.46. The van der Waals surface area contributed by atoms with E-state index >= 15 is 0 Å². The lowest BCUT2D eigenvalue weighted by Gasteiger charge is -2.32. The third kappa shape index (κ3) is 2.69. The summed E-state index contributed by atoms with van der Waals surface area (Å²) in [7, 11) is 0. The number of nitrogens with one attached hydrogen (secondary N) is 1. The quantitative estimate of drug-likeness (QED) is 0.859. The SMILES string of the molecule is NCc1cc(C(=O)NC2CCN3CCCCC23)ccn1. The third-order valence-electron chi connectivity index (χ3n) is 4.46. The maximum absolute atomic E-state index is 12.3. The van der Waals surface area contributed by atoms with Crippen LogP contribution in [0.2, 0.25) is 0 Å². The molecule has 2 unspecified atom stereocenters. The molecule has 0 bridgehead atoms. The predicted molar refractivity (Wildman–Crippen MR) is 77.2 cm³/mol. The van der Waals surface area contributed by atoms with E-state index < -0.39 is 0 Å². The Kier molecular flexibility index (Phi) is 3.98. The van der Waals surface area contributed by atoms with Crippen LogP contribution in [0, 0.1) is 0 Å². The van der Waals surface area contributed by atoms with Crippen LogP contribution in [0.25, 0.3) is 0 Å². The average molecular weight is 274 g/mol. The fourth-order valence-corrected chi connectivity index (χ4v) is 3.40. The molecule has 20 heavy (non-hydrogen) atoms. The number of hydrogen-bond acceptors (Lipinski definition) is 4. The van der Waals surface area contributed by atoms with E-state index in [1.54, 1.807) is 18.3 Å². The minimum absolute atomic E-state index is 0.000441. The second-order valence-electron chi connectivity index (χ2n) is 5.71. The second-order valence-corrected chi connectivity index (χ2v) is 5.71. The van der Waals surface area contributed by atoms with Crippen molar-refractivity contribution in [1.29, 1.82) is 0 Å². The first-order valence-electron chi connectivity index (χ1n) is 7.48. The number of pyridine rings is 1. The lowest BCUT2D eigenvalue weighted by molar-refractivity contribution is 0.0915. The van der Waals surface area contributed by atoms with E-state index in [1.807, 2.05) is 0 Å². The van der Waals surface area contributed by atoms with E-state index in [2.05, 4.69) is 15.2 Å². The third-order valence-corrected chi connectivity index (χ3v) is 4.46. The number of amides is 1. The van der Waals surface area contributed by atoms with E-state index in [-0.39, 0.29) is 11.9 Å². The molecule has 2 aliphatic heterocycles. The largest absolute Gasteiger partial charge is 0.348 e. The van der Waals surface area contributed by atoms with Crippen molar-refractivity contribution < 1.29 is 4.79 Å². The van der Waals surface area contributed by atoms with Gasteiger partial charge in [-0.25, -0.2) is 0 Å². The van der Waals surface area contributed by atoms with Crippen LogP contribution in [-0.4, -0.2) is 41.0 Å². The molecular formula is C15H22N4O. The lowest BCUT2D eigenvalue weighted by atomic mass is 9.99. The van der Waals surface area contributed by atoms with Gasteiger partial charge in [0.1, 0.15) is 0 Å². The number of piperidine rings is 1.